The quantitative estimate of drug-likeness (QED) is 0.804. The van der Waals surface area contributed by atoms with Crippen molar-refractivity contribution >= 4 is 23.2 Å². The molecule has 0 fully saturated rings. The summed E-state index contributed by atoms with van der Waals surface area (Å²) in [5.41, 5.74) is 1.65. The molecule has 0 atom stereocenters. The van der Waals surface area contributed by atoms with Crippen molar-refractivity contribution in [2.24, 2.45) is 7.05 Å². The van der Waals surface area contributed by atoms with Gasteiger partial charge in [-0.3, -0.25) is 9.59 Å². The summed E-state index contributed by atoms with van der Waals surface area (Å²) in [6, 6.07) is 3.92. The molecule has 1 aliphatic heterocycles. The molecule has 0 radical (unpaired) electrons. The number of hydrogen-bond donors (Lipinski definition) is 0. The Morgan fingerprint density at radius 2 is 2.13 bits per heavy atom. The lowest BCUT2D eigenvalue weighted by atomic mass is 9.96. The highest BCUT2D eigenvalue weighted by Gasteiger charge is 2.29. The van der Waals surface area contributed by atoms with Gasteiger partial charge in [-0.15, -0.1) is 0 Å². The van der Waals surface area contributed by atoms with Crippen LogP contribution in [0.1, 0.15) is 28.0 Å². The van der Waals surface area contributed by atoms with Crippen molar-refractivity contribution in [3.8, 4) is 0 Å². The maximum absolute atomic E-state index is 13.9. The third-order valence-corrected chi connectivity index (χ3v) is 4.37. The second kappa shape index (κ2) is 5.77. The zero-order valence-corrected chi connectivity index (χ0v) is 13.5. The van der Waals surface area contributed by atoms with Crippen LogP contribution in [-0.4, -0.2) is 22.2 Å². The Hall–Kier alpha value is -2.21. The minimum atomic E-state index is -0.372. The molecule has 1 amide bonds. The molecule has 0 unspecified atom stereocenters. The lowest BCUT2D eigenvalue weighted by Gasteiger charge is -2.31. The minimum Gasteiger partial charge on any atom is -0.305 e. The first-order valence-corrected chi connectivity index (χ1v) is 7.61. The number of aromatic nitrogens is 2. The summed E-state index contributed by atoms with van der Waals surface area (Å²) in [5, 5.41) is 4.20. The molecular formula is C16H15ClFN3O2. The molecule has 2 aromatic rings. The first-order valence-electron chi connectivity index (χ1n) is 7.24. The van der Waals surface area contributed by atoms with Gasteiger partial charge in [-0.25, -0.2) is 9.07 Å². The number of halogens is 2. The van der Waals surface area contributed by atoms with Crippen molar-refractivity contribution in [2.45, 2.75) is 19.8 Å². The van der Waals surface area contributed by atoms with Gasteiger partial charge in [-0.1, -0.05) is 11.6 Å². The average molecular weight is 336 g/mol. The van der Waals surface area contributed by atoms with Crippen molar-refractivity contribution in [3.05, 3.63) is 56.2 Å². The van der Waals surface area contributed by atoms with Crippen LogP contribution in [0.15, 0.2) is 23.0 Å². The Labute approximate surface area is 137 Å². The number of nitrogens with zero attached hydrogens (tertiary/aromatic N) is 3. The van der Waals surface area contributed by atoms with E-state index in [-0.39, 0.29) is 28.0 Å². The molecule has 1 aliphatic rings. The SMILES string of the molecule is Cc1c(F)cc(Cl)c2c1CCCN2C(=O)c1ccc(=O)n(C)n1. The highest BCUT2D eigenvalue weighted by Crippen LogP contribution is 2.38. The van der Waals surface area contributed by atoms with E-state index in [2.05, 4.69) is 5.10 Å². The summed E-state index contributed by atoms with van der Waals surface area (Å²) in [6.45, 7) is 2.16. The van der Waals surface area contributed by atoms with Crippen molar-refractivity contribution < 1.29 is 9.18 Å². The van der Waals surface area contributed by atoms with Gasteiger partial charge in [0.25, 0.3) is 11.5 Å². The van der Waals surface area contributed by atoms with Crippen LogP contribution < -0.4 is 10.5 Å². The standard InChI is InChI=1S/C16H15ClFN3O2/c1-9-10-4-3-7-21(15(10)11(17)8-12(9)18)16(23)13-5-6-14(22)20(2)19-13/h5-6,8H,3-4,7H2,1-2H3. The Balaban J connectivity index is 2.09. The lowest BCUT2D eigenvalue weighted by molar-refractivity contribution is 0.0978. The highest BCUT2D eigenvalue weighted by atomic mass is 35.5. The number of amides is 1. The van der Waals surface area contributed by atoms with Gasteiger partial charge in [-0.05, 0) is 43.0 Å². The third-order valence-electron chi connectivity index (χ3n) is 4.08. The zero-order chi connectivity index (χ0) is 16.7. The van der Waals surface area contributed by atoms with Gasteiger partial charge in [0.2, 0.25) is 0 Å². The molecule has 5 nitrogen and oxygen atoms in total. The second-order valence-electron chi connectivity index (χ2n) is 5.53. The Kier molecular flexibility index (Phi) is 3.93. The van der Waals surface area contributed by atoms with Crippen LogP contribution >= 0.6 is 11.6 Å². The van der Waals surface area contributed by atoms with E-state index in [1.807, 2.05) is 0 Å². The van der Waals surface area contributed by atoms with Gasteiger partial charge in [-0.2, -0.15) is 5.10 Å². The van der Waals surface area contributed by atoms with Crippen LogP contribution in [0.25, 0.3) is 0 Å². The number of anilines is 1. The third kappa shape index (κ3) is 2.63. The maximum atomic E-state index is 13.9. The molecule has 0 aliphatic carbocycles. The van der Waals surface area contributed by atoms with Crippen molar-refractivity contribution in [2.75, 3.05) is 11.4 Å². The van der Waals surface area contributed by atoms with Gasteiger partial charge < -0.3 is 4.90 Å². The summed E-state index contributed by atoms with van der Waals surface area (Å²) in [6.07, 6.45) is 1.38. The van der Waals surface area contributed by atoms with Crippen molar-refractivity contribution in [1.82, 2.24) is 9.78 Å². The monoisotopic (exact) mass is 335 g/mol. The number of benzene rings is 1. The number of hydrogen-bond acceptors (Lipinski definition) is 3. The van der Waals surface area contributed by atoms with E-state index in [0.29, 0.717) is 30.6 Å². The summed E-state index contributed by atoms with van der Waals surface area (Å²) in [4.78, 5) is 25.7. The molecule has 1 aromatic carbocycles. The van der Waals surface area contributed by atoms with Crippen LogP contribution in [0.2, 0.25) is 5.02 Å². The predicted octanol–water partition coefficient (Wildman–Crippen LogP) is 2.47. The number of rotatable bonds is 1. The summed E-state index contributed by atoms with van der Waals surface area (Å²) >= 11 is 6.19. The Morgan fingerprint density at radius 3 is 2.83 bits per heavy atom. The summed E-state index contributed by atoms with van der Waals surface area (Å²) in [5.74, 6) is -0.724. The molecule has 0 saturated carbocycles. The van der Waals surface area contributed by atoms with Gasteiger partial charge in [0.05, 0.1) is 10.7 Å². The summed E-state index contributed by atoms with van der Waals surface area (Å²) < 4.78 is 15.0. The van der Waals surface area contributed by atoms with Crippen LogP contribution in [0.4, 0.5) is 10.1 Å². The Bertz CT molecular complexity index is 863. The van der Waals surface area contributed by atoms with E-state index in [0.717, 1.165) is 10.2 Å². The normalized spacial score (nSPS) is 13.8. The largest absolute Gasteiger partial charge is 0.305 e. The van der Waals surface area contributed by atoms with Crippen molar-refractivity contribution in [3.63, 3.8) is 0 Å². The Morgan fingerprint density at radius 1 is 1.39 bits per heavy atom. The number of carbonyl (C=O) groups excluding carboxylic acids is 1. The van der Waals surface area contributed by atoms with E-state index in [1.165, 1.54) is 30.1 Å². The minimum absolute atomic E-state index is 0.151. The molecule has 0 bridgehead atoms. The molecule has 3 rings (SSSR count). The molecule has 0 saturated heterocycles. The first kappa shape index (κ1) is 15.7. The fourth-order valence-corrected chi connectivity index (χ4v) is 3.15. The second-order valence-corrected chi connectivity index (χ2v) is 5.94. The smallest absolute Gasteiger partial charge is 0.278 e. The van der Waals surface area contributed by atoms with E-state index < -0.39 is 0 Å². The van der Waals surface area contributed by atoms with E-state index in [1.54, 1.807) is 6.92 Å². The molecule has 23 heavy (non-hydrogen) atoms. The van der Waals surface area contributed by atoms with E-state index in [9.17, 15) is 14.0 Å². The van der Waals surface area contributed by atoms with Gasteiger partial charge in [0.1, 0.15) is 11.5 Å². The van der Waals surface area contributed by atoms with Gasteiger partial charge in [0.15, 0.2) is 0 Å². The van der Waals surface area contributed by atoms with Gasteiger partial charge >= 0.3 is 0 Å². The highest BCUT2D eigenvalue weighted by molar-refractivity contribution is 6.34. The first-order chi connectivity index (χ1) is 10.9. The summed E-state index contributed by atoms with van der Waals surface area (Å²) in [7, 11) is 1.48. The van der Waals surface area contributed by atoms with Crippen LogP contribution in [0, 0.1) is 12.7 Å². The average Bonchev–Trinajstić information content (AvgIpc) is 2.54. The van der Waals surface area contributed by atoms with Crippen molar-refractivity contribution in [1.29, 1.82) is 0 Å². The number of aryl methyl sites for hydroxylation is 1. The van der Waals surface area contributed by atoms with E-state index >= 15 is 0 Å². The molecule has 120 valence electrons. The zero-order valence-electron chi connectivity index (χ0n) is 12.8. The molecule has 0 spiro atoms. The maximum Gasteiger partial charge on any atom is 0.278 e. The fraction of sp³-hybridized carbons (Fsp3) is 0.312. The fourth-order valence-electron chi connectivity index (χ4n) is 2.83. The lowest BCUT2D eigenvalue weighted by Crippen LogP contribution is -2.37. The van der Waals surface area contributed by atoms with Crippen LogP contribution in [0.3, 0.4) is 0 Å². The van der Waals surface area contributed by atoms with Gasteiger partial charge in [0, 0.05) is 19.7 Å². The topological polar surface area (TPSA) is 55.2 Å². The molecule has 7 heteroatoms. The molecule has 1 aromatic heterocycles. The molecule has 2 heterocycles. The molecular weight excluding hydrogens is 321 g/mol. The number of carbonyl (C=O) groups is 1. The van der Waals surface area contributed by atoms with Crippen LogP contribution in [0.5, 0.6) is 0 Å². The molecule has 0 N–H and O–H groups in total. The van der Waals surface area contributed by atoms with E-state index in [4.69, 9.17) is 11.6 Å². The predicted molar refractivity (Wildman–Crippen MR) is 85.6 cm³/mol. The van der Waals surface area contributed by atoms with Crippen LogP contribution in [-0.2, 0) is 13.5 Å². The number of fused-ring (bicyclic) bond motifs is 1.